The van der Waals surface area contributed by atoms with Gasteiger partial charge >= 0.3 is 0 Å². The van der Waals surface area contributed by atoms with Crippen molar-refractivity contribution in [3.63, 3.8) is 0 Å². The molecule has 1 aliphatic rings. The van der Waals surface area contributed by atoms with Gasteiger partial charge in [0.1, 0.15) is 0 Å². The molecule has 1 aliphatic carbocycles. The van der Waals surface area contributed by atoms with Crippen molar-refractivity contribution in [1.82, 2.24) is 10.2 Å². The van der Waals surface area contributed by atoms with Crippen LogP contribution in [-0.4, -0.2) is 37.6 Å². The second-order valence-electron chi connectivity index (χ2n) is 5.57. The number of nitrogens with zero attached hydrogens (tertiary/aromatic N) is 1. The van der Waals surface area contributed by atoms with Crippen LogP contribution < -0.4 is 5.32 Å². The van der Waals surface area contributed by atoms with Gasteiger partial charge in [0.05, 0.1) is 0 Å². The number of rotatable bonds is 6. The van der Waals surface area contributed by atoms with Crippen LogP contribution in [-0.2, 0) is 0 Å². The fraction of sp³-hybridized carbons (Fsp3) is 0.625. The average molecular weight is 246 g/mol. The molecule has 18 heavy (non-hydrogen) atoms. The maximum absolute atomic E-state index is 3.66. The fourth-order valence-corrected chi connectivity index (χ4v) is 2.70. The molecule has 0 unspecified atom stereocenters. The van der Waals surface area contributed by atoms with Crippen LogP contribution in [0.1, 0.15) is 36.8 Å². The molecule has 100 valence electrons. The van der Waals surface area contributed by atoms with E-state index in [0.29, 0.717) is 0 Å². The zero-order valence-electron chi connectivity index (χ0n) is 11.9. The van der Waals surface area contributed by atoms with Crippen LogP contribution >= 0.6 is 0 Å². The highest BCUT2D eigenvalue weighted by Gasteiger charge is 2.30. The van der Waals surface area contributed by atoms with Gasteiger partial charge in [0, 0.05) is 19.1 Å². The number of hydrogen-bond acceptors (Lipinski definition) is 2. The number of likely N-dealkylation sites (N-methyl/N-ethyl adjacent to an activating group) is 1. The lowest BCUT2D eigenvalue weighted by Crippen LogP contribution is -2.43. The van der Waals surface area contributed by atoms with E-state index in [1.807, 2.05) is 0 Å². The van der Waals surface area contributed by atoms with Crippen molar-refractivity contribution in [2.45, 2.75) is 38.6 Å². The van der Waals surface area contributed by atoms with Gasteiger partial charge in [-0.1, -0.05) is 31.2 Å². The summed E-state index contributed by atoms with van der Waals surface area (Å²) in [5.41, 5.74) is 3.01. The average Bonchev–Trinajstić information content (AvgIpc) is 2.33. The van der Waals surface area contributed by atoms with E-state index in [-0.39, 0.29) is 0 Å². The van der Waals surface area contributed by atoms with Gasteiger partial charge < -0.3 is 10.2 Å². The summed E-state index contributed by atoms with van der Waals surface area (Å²) in [6.45, 7) is 7.85. The van der Waals surface area contributed by atoms with Crippen LogP contribution in [0.5, 0.6) is 0 Å². The minimum Gasteiger partial charge on any atom is -0.313 e. The second kappa shape index (κ2) is 6.35. The Balaban J connectivity index is 1.70. The molecular formula is C16H26N2. The van der Waals surface area contributed by atoms with Crippen molar-refractivity contribution < 1.29 is 0 Å². The molecule has 1 fully saturated rings. The molecule has 0 aliphatic heterocycles. The molecule has 0 spiro atoms. The molecule has 2 nitrogen and oxygen atoms in total. The van der Waals surface area contributed by atoms with Gasteiger partial charge in [0.15, 0.2) is 0 Å². The quantitative estimate of drug-likeness (QED) is 0.830. The van der Waals surface area contributed by atoms with Gasteiger partial charge in [-0.3, -0.25) is 0 Å². The number of benzene rings is 1. The smallest absolute Gasteiger partial charge is 0.0104 e. The fourth-order valence-electron chi connectivity index (χ4n) is 2.70. The molecule has 0 atom stereocenters. The van der Waals surface area contributed by atoms with E-state index in [0.717, 1.165) is 31.6 Å². The summed E-state index contributed by atoms with van der Waals surface area (Å²) < 4.78 is 0. The molecule has 1 aromatic carbocycles. The molecule has 1 N–H and O–H groups in total. The number of nitrogens with one attached hydrogen (secondary N) is 1. The van der Waals surface area contributed by atoms with Gasteiger partial charge in [0.25, 0.3) is 0 Å². The van der Waals surface area contributed by atoms with Crippen molar-refractivity contribution in [3.05, 3.63) is 35.4 Å². The van der Waals surface area contributed by atoms with E-state index in [9.17, 15) is 0 Å². The minimum atomic E-state index is 0.736. The summed E-state index contributed by atoms with van der Waals surface area (Å²) in [6, 6.07) is 9.56. The van der Waals surface area contributed by atoms with E-state index < -0.39 is 0 Å². The summed E-state index contributed by atoms with van der Waals surface area (Å²) in [7, 11) is 2.18. The maximum Gasteiger partial charge on any atom is 0.0104 e. The van der Waals surface area contributed by atoms with Crippen molar-refractivity contribution in [1.29, 1.82) is 0 Å². The molecule has 0 saturated heterocycles. The van der Waals surface area contributed by atoms with Crippen molar-refractivity contribution in [2.24, 2.45) is 0 Å². The maximum atomic E-state index is 3.66. The van der Waals surface area contributed by atoms with Crippen LogP contribution in [0.4, 0.5) is 0 Å². The van der Waals surface area contributed by atoms with E-state index in [1.165, 1.54) is 18.4 Å². The molecule has 0 amide bonds. The monoisotopic (exact) mass is 246 g/mol. The lowest BCUT2D eigenvalue weighted by atomic mass is 9.74. The third-order valence-corrected chi connectivity index (χ3v) is 4.23. The summed E-state index contributed by atoms with van der Waals surface area (Å²) >= 11 is 0. The van der Waals surface area contributed by atoms with E-state index in [4.69, 9.17) is 0 Å². The molecule has 0 bridgehead atoms. The van der Waals surface area contributed by atoms with Crippen molar-refractivity contribution in [3.8, 4) is 0 Å². The first-order valence-electron chi connectivity index (χ1n) is 7.18. The number of hydrogen-bond donors (Lipinski definition) is 1. The molecule has 0 radical (unpaired) electrons. The van der Waals surface area contributed by atoms with Gasteiger partial charge in [-0.05, 0) is 50.4 Å². The standard InChI is InChI=1S/C16H26N2/c1-4-18(3)10-9-17-15-11-14(12-15)16-8-6-5-7-13(16)2/h5-8,14-15,17H,4,9-12H2,1-3H3. The molecule has 1 aromatic rings. The summed E-state index contributed by atoms with van der Waals surface area (Å²) in [6.07, 6.45) is 2.61. The van der Waals surface area contributed by atoms with Crippen molar-refractivity contribution in [2.75, 3.05) is 26.7 Å². The predicted molar refractivity (Wildman–Crippen MR) is 78.1 cm³/mol. The van der Waals surface area contributed by atoms with E-state index >= 15 is 0 Å². The predicted octanol–water partition coefficient (Wildman–Crippen LogP) is 2.78. The first kappa shape index (κ1) is 13.6. The summed E-state index contributed by atoms with van der Waals surface area (Å²) in [4.78, 5) is 2.35. The molecule has 1 saturated carbocycles. The Morgan fingerprint density at radius 3 is 2.67 bits per heavy atom. The van der Waals surface area contributed by atoms with E-state index in [2.05, 4.69) is 55.4 Å². The summed E-state index contributed by atoms with van der Waals surface area (Å²) in [5.74, 6) is 0.785. The third kappa shape index (κ3) is 3.33. The zero-order chi connectivity index (χ0) is 13.0. The molecule has 0 heterocycles. The Morgan fingerprint density at radius 1 is 1.28 bits per heavy atom. The Kier molecular flexibility index (Phi) is 4.79. The largest absolute Gasteiger partial charge is 0.313 e. The topological polar surface area (TPSA) is 15.3 Å². The molecule has 0 aromatic heterocycles. The Hall–Kier alpha value is -0.860. The van der Waals surface area contributed by atoms with E-state index in [1.54, 1.807) is 5.56 Å². The van der Waals surface area contributed by atoms with Crippen LogP contribution in [0.2, 0.25) is 0 Å². The molecule has 2 rings (SSSR count). The zero-order valence-corrected chi connectivity index (χ0v) is 11.9. The highest BCUT2D eigenvalue weighted by Crippen LogP contribution is 2.38. The normalized spacial score (nSPS) is 23.1. The highest BCUT2D eigenvalue weighted by molar-refractivity contribution is 5.31. The van der Waals surface area contributed by atoms with Gasteiger partial charge in [-0.2, -0.15) is 0 Å². The number of aryl methyl sites for hydroxylation is 1. The van der Waals surface area contributed by atoms with Crippen LogP contribution in [0.25, 0.3) is 0 Å². The third-order valence-electron chi connectivity index (χ3n) is 4.23. The van der Waals surface area contributed by atoms with Crippen LogP contribution in [0, 0.1) is 6.92 Å². The Morgan fingerprint density at radius 2 is 2.00 bits per heavy atom. The Bertz CT molecular complexity index is 369. The first-order chi connectivity index (χ1) is 8.70. The van der Waals surface area contributed by atoms with Gasteiger partial charge in [0.2, 0.25) is 0 Å². The lowest BCUT2D eigenvalue weighted by Gasteiger charge is -2.37. The molecule has 2 heteroatoms. The molecular weight excluding hydrogens is 220 g/mol. The van der Waals surface area contributed by atoms with Crippen molar-refractivity contribution >= 4 is 0 Å². The lowest BCUT2D eigenvalue weighted by molar-refractivity contribution is 0.269. The van der Waals surface area contributed by atoms with Crippen LogP contribution in [0.3, 0.4) is 0 Å². The SMILES string of the molecule is CCN(C)CCNC1CC(c2ccccc2C)C1. The second-order valence-corrected chi connectivity index (χ2v) is 5.57. The van der Waals surface area contributed by atoms with Gasteiger partial charge in [-0.25, -0.2) is 0 Å². The van der Waals surface area contributed by atoms with Crippen LogP contribution in [0.15, 0.2) is 24.3 Å². The van der Waals surface area contributed by atoms with Gasteiger partial charge in [-0.15, -0.1) is 0 Å². The minimum absolute atomic E-state index is 0.736. The summed E-state index contributed by atoms with van der Waals surface area (Å²) in [5, 5.41) is 3.66. The highest BCUT2D eigenvalue weighted by atomic mass is 15.1. The Labute approximate surface area is 111 Å². The first-order valence-corrected chi connectivity index (χ1v) is 7.18.